The Balaban J connectivity index is 1.86. The van der Waals surface area contributed by atoms with Gasteiger partial charge in [-0.15, -0.1) is 0 Å². The number of hydrogen-bond donors (Lipinski definition) is 0. The SMILES string of the molecule is [B]C1CCCC2C(CC1)CCN(C(C)C)C21COC1CC(C)C. The highest BCUT2D eigenvalue weighted by atomic mass is 16.5. The fourth-order valence-corrected chi connectivity index (χ4v) is 5.76. The van der Waals surface area contributed by atoms with E-state index < -0.39 is 0 Å². The molecule has 5 atom stereocenters. The highest BCUT2D eigenvalue weighted by molar-refractivity contribution is 6.11. The van der Waals surface area contributed by atoms with Crippen LogP contribution in [0.5, 0.6) is 0 Å². The molecule has 0 aromatic carbocycles. The molecular weight excluding hydrogens is 281 g/mol. The van der Waals surface area contributed by atoms with Gasteiger partial charge >= 0.3 is 0 Å². The summed E-state index contributed by atoms with van der Waals surface area (Å²) in [5.74, 6) is 2.85. The first-order valence-corrected chi connectivity index (χ1v) is 10.1. The summed E-state index contributed by atoms with van der Waals surface area (Å²) in [5.41, 5.74) is 0.322. The second kappa shape index (κ2) is 7.08. The minimum Gasteiger partial charge on any atom is -0.374 e. The largest absolute Gasteiger partial charge is 0.374 e. The molecule has 23 heavy (non-hydrogen) atoms. The third-order valence-electron chi connectivity index (χ3n) is 6.87. The minimum absolute atomic E-state index is 0.322. The van der Waals surface area contributed by atoms with E-state index in [-0.39, 0.29) is 0 Å². The van der Waals surface area contributed by atoms with E-state index in [2.05, 4.69) is 32.6 Å². The molecule has 0 N–H and O–H groups in total. The van der Waals surface area contributed by atoms with Crippen molar-refractivity contribution in [2.75, 3.05) is 13.2 Å². The third-order valence-corrected chi connectivity index (χ3v) is 6.87. The Morgan fingerprint density at radius 2 is 1.87 bits per heavy atom. The predicted molar refractivity (Wildman–Crippen MR) is 98.0 cm³/mol. The lowest BCUT2D eigenvalue weighted by atomic mass is 9.59. The quantitative estimate of drug-likeness (QED) is 0.714. The maximum Gasteiger partial charge on any atom is 0.0787 e. The van der Waals surface area contributed by atoms with E-state index in [4.69, 9.17) is 12.6 Å². The molecule has 2 radical (unpaired) electrons. The summed E-state index contributed by atoms with van der Waals surface area (Å²) in [6, 6.07) is 0.627. The highest BCUT2D eigenvalue weighted by Gasteiger charge is 2.60. The molecular formula is C20H36BNO. The van der Waals surface area contributed by atoms with E-state index in [1.54, 1.807) is 0 Å². The zero-order chi connectivity index (χ0) is 16.6. The van der Waals surface area contributed by atoms with Crippen molar-refractivity contribution in [1.29, 1.82) is 0 Å². The number of rotatable bonds is 3. The van der Waals surface area contributed by atoms with Crippen LogP contribution in [0.4, 0.5) is 0 Å². The molecule has 0 amide bonds. The van der Waals surface area contributed by atoms with E-state index in [0.29, 0.717) is 29.4 Å². The molecule has 0 aromatic heterocycles. The monoisotopic (exact) mass is 317 g/mol. The Bertz CT molecular complexity index is 399. The average molecular weight is 317 g/mol. The van der Waals surface area contributed by atoms with Crippen LogP contribution < -0.4 is 0 Å². The third kappa shape index (κ3) is 3.25. The predicted octanol–water partition coefficient (Wildman–Crippen LogP) is 4.44. The summed E-state index contributed by atoms with van der Waals surface area (Å²) in [6.07, 6.45) is 9.49. The van der Waals surface area contributed by atoms with Gasteiger partial charge in [0, 0.05) is 6.04 Å². The molecule has 2 saturated heterocycles. The Labute approximate surface area is 145 Å². The number of piperidine rings is 1. The standard InChI is InChI=1S/C20H36BNO/c1-14(2)12-19-20(13-23-19)18-7-5-6-17(21)9-8-16(18)10-11-22(20)15(3)4/h14-19H,5-13H2,1-4H3. The van der Waals surface area contributed by atoms with E-state index in [1.165, 1.54) is 51.5 Å². The van der Waals surface area contributed by atoms with Crippen LogP contribution in [-0.2, 0) is 4.74 Å². The van der Waals surface area contributed by atoms with Crippen LogP contribution in [0.1, 0.15) is 72.6 Å². The topological polar surface area (TPSA) is 12.5 Å². The van der Waals surface area contributed by atoms with Gasteiger partial charge < -0.3 is 4.74 Å². The molecule has 1 spiro atoms. The molecule has 1 saturated carbocycles. The van der Waals surface area contributed by atoms with Gasteiger partial charge in [-0.2, -0.15) is 0 Å². The van der Waals surface area contributed by atoms with Crippen molar-refractivity contribution in [1.82, 2.24) is 4.90 Å². The van der Waals surface area contributed by atoms with Crippen LogP contribution in [0.2, 0.25) is 5.82 Å². The number of likely N-dealkylation sites (tertiary alicyclic amines) is 1. The zero-order valence-electron chi connectivity index (χ0n) is 15.8. The second-order valence-corrected chi connectivity index (χ2v) is 9.13. The summed E-state index contributed by atoms with van der Waals surface area (Å²) in [4.78, 5) is 2.83. The van der Waals surface area contributed by atoms with Crippen LogP contribution in [0.3, 0.4) is 0 Å². The molecule has 3 fully saturated rings. The maximum absolute atomic E-state index is 6.27. The number of ether oxygens (including phenoxy) is 1. The molecule has 2 aliphatic heterocycles. The van der Waals surface area contributed by atoms with Gasteiger partial charge in [0.25, 0.3) is 0 Å². The zero-order valence-corrected chi connectivity index (χ0v) is 15.8. The maximum atomic E-state index is 6.27. The summed E-state index contributed by atoms with van der Waals surface area (Å²) in [5, 5.41) is 0. The normalized spacial score (nSPS) is 42.3. The van der Waals surface area contributed by atoms with Gasteiger partial charge in [0.05, 0.1) is 26.1 Å². The van der Waals surface area contributed by atoms with Crippen LogP contribution in [0, 0.1) is 17.8 Å². The van der Waals surface area contributed by atoms with Crippen LogP contribution in [0.15, 0.2) is 0 Å². The Morgan fingerprint density at radius 3 is 2.48 bits per heavy atom. The summed E-state index contributed by atoms with van der Waals surface area (Å²) in [7, 11) is 6.27. The van der Waals surface area contributed by atoms with Crippen LogP contribution >= 0.6 is 0 Å². The van der Waals surface area contributed by atoms with Crippen LogP contribution in [-0.4, -0.2) is 43.6 Å². The first-order chi connectivity index (χ1) is 10.9. The van der Waals surface area contributed by atoms with E-state index >= 15 is 0 Å². The lowest BCUT2D eigenvalue weighted by Gasteiger charge is -2.65. The first-order valence-electron chi connectivity index (χ1n) is 10.1. The molecule has 1 aliphatic carbocycles. The second-order valence-electron chi connectivity index (χ2n) is 9.13. The van der Waals surface area contributed by atoms with Gasteiger partial charge in [0.1, 0.15) is 0 Å². The van der Waals surface area contributed by atoms with Crippen molar-refractivity contribution < 1.29 is 4.74 Å². The molecule has 0 aromatic rings. The van der Waals surface area contributed by atoms with Crippen molar-refractivity contribution in [2.24, 2.45) is 17.8 Å². The Morgan fingerprint density at radius 1 is 1.09 bits per heavy atom. The smallest absolute Gasteiger partial charge is 0.0787 e. The van der Waals surface area contributed by atoms with Crippen molar-refractivity contribution >= 4 is 7.85 Å². The van der Waals surface area contributed by atoms with Crippen LogP contribution in [0.25, 0.3) is 0 Å². The summed E-state index contributed by atoms with van der Waals surface area (Å²) >= 11 is 0. The number of hydrogen-bond acceptors (Lipinski definition) is 2. The highest BCUT2D eigenvalue weighted by Crippen LogP contribution is 2.53. The molecule has 3 aliphatic rings. The molecule has 2 heterocycles. The van der Waals surface area contributed by atoms with Crippen molar-refractivity contribution in [3.05, 3.63) is 0 Å². The lowest BCUT2D eigenvalue weighted by Crippen LogP contribution is -2.76. The van der Waals surface area contributed by atoms with Crippen molar-refractivity contribution in [2.45, 2.75) is 96.1 Å². The molecule has 130 valence electrons. The van der Waals surface area contributed by atoms with Crippen molar-refractivity contribution in [3.8, 4) is 0 Å². The lowest BCUT2D eigenvalue weighted by molar-refractivity contribution is -0.262. The fourth-order valence-electron chi connectivity index (χ4n) is 5.76. The van der Waals surface area contributed by atoms with E-state index in [0.717, 1.165) is 18.4 Å². The molecule has 2 nitrogen and oxygen atoms in total. The molecule has 0 bridgehead atoms. The first kappa shape index (κ1) is 17.8. The minimum atomic E-state index is 0.322. The van der Waals surface area contributed by atoms with E-state index in [9.17, 15) is 0 Å². The van der Waals surface area contributed by atoms with Gasteiger partial charge in [-0.25, -0.2) is 0 Å². The van der Waals surface area contributed by atoms with E-state index in [1.807, 2.05) is 0 Å². The number of nitrogens with zero attached hydrogens (tertiary/aromatic N) is 1. The van der Waals surface area contributed by atoms with Gasteiger partial charge in [0.2, 0.25) is 0 Å². The summed E-state index contributed by atoms with van der Waals surface area (Å²) < 4.78 is 6.19. The Hall–Kier alpha value is -0.0151. The van der Waals surface area contributed by atoms with Gasteiger partial charge in [0.15, 0.2) is 0 Å². The Kier molecular flexibility index (Phi) is 5.48. The molecule has 3 heteroatoms. The van der Waals surface area contributed by atoms with Crippen molar-refractivity contribution in [3.63, 3.8) is 0 Å². The fraction of sp³-hybridized carbons (Fsp3) is 1.00. The number of fused-ring (bicyclic) bond motifs is 2. The van der Waals surface area contributed by atoms with Gasteiger partial charge in [-0.1, -0.05) is 45.3 Å². The molecule has 5 unspecified atom stereocenters. The summed E-state index contributed by atoms with van der Waals surface area (Å²) in [6.45, 7) is 11.7. The molecule has 3 rings (SSSR count). The van der Waals surface area contributed by atoms with Gasteiger partial charge in [-0.3, -0.25) is 4.90 Å². The van der Waals surface area contributed by atoms with Gasteiger partial charge in [-0.05, 0) is 57.4 Å². The average Bonchev–Trinajstić information content (AvgIpc) is 2.47.